The van der Waals surface area contributed by atoms with Crippen LogP contribution in [-0.2, 0) is 6.42 Å². The van der Waals surface area contributed by atoms with E-state index in [1.165, 1.54) is 29.7 Å². The minimum absolute atomic E-state index is 0.406. The van der Waals surface area contributed by atoms with Gasteiger partial charge < -0.3 is 10.2 Å². The molecule has 0 aromatic heterocycles. The zero-order chi connectivity index (χ0) is 12.3. The first-order valence-electron chi connectivity index (χ1n) is 6.24. The molecule has 0 saturated carbocycles. The van der Waals surface area contributed by atoms with E-state index in [1.807, 2.05) is 7.05 Å². The third-order valence-corrected chi connectivity index (χ3v) is 3.53. The number of terminal acetylenes is 1. The molecule has 0 spiro atoms. The third kappa shape index (κ3) is 2.45. The summed E-state index contributed by atoms with van der Waals surface area (Å²) in [6.45, 7) is 3.98. The van der Waals surface area contributed by atoms with Crippen LogP contribution in [0.15, 0.2) is 18.2 Å². The third-order valence-electron chi connectivity index (χ3n) is 3.53. The van der Waals surface area contributed by atoms with Crippen LogP contribution in [0.3, 0.4) is 0 Å². The molecule has 1 N–H and O–H groups in total. The zero-order valence-corrected chi connectivity index (χ0v) is 10.7. The normalized spacial score (nSPS) is 16.2. The molecule has 0 fully saturated rings. The fourth-order valence-electron chi connectivity index (χ4n) is 2.41. The van der Waals surface area contributed by atoms with Crippen molar-refractivity contribution in [3.63, 3.8) is 0 Å². The summed E-state index contributed by atoms with van der Waals surface area (Å²) in [7, 11) is 1.99. The number of rotatable bonds is 3. The van der Waals surface area contributed by atoms with Crippen LogP contribution in [0.1, 0.15) is 30.5 Å². The quantitative estimate of drug-likeness (QED) is 0.799. The molecule has 1 unspecified atom stereocenters. The second kappa shape index (κ2) is 5.25. The Hall–Kier alpha value is -1.46. The Morgan fingerprint density at radius 1 is 1.53 bits per heavy atom. The standard InChI is InChI=1S/C15H20N2/c1-4-9-17-10-5-6-14-11-13(12(2)16-3)7-8-15(14)17/h1,7-8,11-12,16H,5-6,9-10H2,2-3H3. The van der Waals surface area contributed by atoms with Crippen molar-refractivity contribution in [3.8, 4) is 12.3 Å². The maximum Gasteiger partial charge on any atom is 0.0791 e. The second-order valence-electron chi connectivity index (χ2n) is 4.63. The van der Waals surface area contributed by atoms with Gasteiger partial charge in [-0.3, -0.25) is 0 Å². The Bertz CT molecular complexity index is 431. The summed E-state index contributed by atoms with van der Waals surface area (Å²) in [5.41, 5.74) is 4.11. The van der Waals surface area contributed by atoms with Gasteiger partial charge in [-0.2, -0.15) is 0 Å². The number of nitrogens with zero attached hydrogens (tertiary/aromatic N) is 1. The van der Waals surface area contributed by atoms with E-state index in [4.69, 9.17) is 6.42 Å². The van der Waals surface area contributed by atoms with Gasteiger partial charge in [0.05, 0.1) is 6.54 Å². The SMILES string of the molecule is C#CCN1CCCc2cc(C(C)NC)ccc21. The van der Waals surface area contributed by atoms with Crippen LogP contribution in [0.4, 0.5) is 5.69 Å². The Morgan fingerprint density at radius 2 is 2.35 bits per heavy atom. The smallest absolute Gasteiger partial charge is 0.0791 e. The highest BCUT2D eigenvalue weighted by Crippen LogP contribution is 2.29. The predicted octanol–water partition coefficient (Wildman–Crippen LogP) is 2.35. The molecule has 1 aliphatic rings. The number of hydrogen-bond donors (Lipinski definition) is 1. The monoisotopic (exact) mass is 228 g/mol. The van der Waals surface area contributed by atoms with E-state index in [1.54, 1.807) is 0 Å². The summed E-state index contributed by atoms with van der Waals surface area (Å²) >= 11 is 0. The first-order chi connectivity index (χ1) is 8.26. The van der Waals surface area contributed by atoms with Gasteiger partial charge in [0.2, 0.25) is 0 Å². The van der Waals surface area contributed by atoms with Crippen LogP contribution in [-0.4, -0.2) is 20.1 Å². The van der Waals surface area contributed by atoms with Crippen LogP contribution < -0.4 is 10.2 Å². The highest BCUT2D eigenvalue weighted by Gasteiger charge is 2.17. The van der Waals surface area contributed by atoms with Crippen molar-refractivity contribution in [1.29, 1.82) is 0 Å². The highest BCUT2D eigenvalue weighted by atomic mass is 15.1. The lowest BCUT2D eigenvalue weighted by Gasteiger charge is -2.30. The summed E-state index contributed by atoms with van der Waals surface area (Å²) in [6.07, 6.45) is 7.78. The van der Waals surface area contributed by atoms with Gasteiger partial charge in [-0.1, -0.05) is 18.1 Å². The van der Waals surface area contributed by atoms with Crippen molar-refractivity contribution in [1.82, 2.24) is 5.32 Å². The zero-order valence-electron chi connectivity index (χ0n) is 10.7. The molecule has 1 aromatic carbocycles. The minimum atomic E-state index is 0.406. The molecule has 2 heteroatoms. The molecule has 0 amide bonds. The van der Waals surface area contributed by atoms with Gasteiger partial charge in [0.1, 0.15) is 0 Å². The van der Waals surface area contributed by atoms with Crippen molar-refractivity contribution in [2.45, 2.75) is 25.8 Å². The summed E-state index contributed by atoms with van der Waals surface area (Å²) in [4.78, 5) is 2.30. The summed E-state index contributed by atoms with van der Waals surface area (Å²) < 4.78 is 0. The highest BCUT2D eigenvalue weighted by molar-refractivity contribution is 5.57. The maximum atomic E-state index is 5.41. The number of anilines is 1. The van der Waals surface area contributed by atoms with Crippen molar-refractivity contribution >= 4 is 5.69 Å². The second-order valence-corrected chi connectivity index (χ2v) is 4.63. The predicted molar refractivity (Wildman–Crippen MR) is 73.3 cm³/mol. The van der Waals surface area contributed by atoms with Gasteiger partial charge in [-0.05, 0) is 44.0 Å². The van der Waals surface area contributed by atoms with E-state index >= 15 is 0 Å². The van der Waals surface area contributed by atoms with E-state index < -0.39 is 0 Å². The van der Waals surface area contributed by atoms with Gasteiger partial charge in [0, 0.05) is 18.3 Å². The average Bonchev–Trinajstić information content (AvgIpc) is 2.38. The van der Waals surface area contributed by atoms with E-state index in [9.17, 15) is 0 Å². The lowest BCUT2D eigenvalue weighted by molar-refractivity contribution is 0.648. The largest absolute Gasteiger partial charge is 0.360 e. The summed E-state index contributed by atoms with van der Waals surface area (Å²) in [6, 6.07) is 7.14. The first-order valence-corrected chi connectivity index (χ1v) is 6.24. The van der Waals surface area contributed by atoms with Gasteiger partial charge >= 0.3 is 0 Å². The number of benzene rings is 1. The number of hydrogen-bond acceptors (Lipinski definition) is 2. The van der Waals surface area contributed by atoms with E-state index in [0.29, 0.717) is 12.6 Å². The molecule has 2 nitrogen and oxygen atoms in total. The molecule has 2 rings (SSSR count). The molecule has 1 heterocycles. The number of aryl methyl sites for hydroxylation is 1. The van der Waals surface area contributed by atoms with Crippen molar-refractivity contribution in [2.75, 3.05) is 25.0 Å². The minimum Gasteiger partial charge on any atom is -0.360 e. The van der Waals surface area contributed by atoms with E-state index in [-0.39, 0.29) is 0 Å². The van der Waals surface area contributed by atoms with Gasteiger partial charge in [0.15, 0.2) is 0 Å². The summed E-state index contributed by atoms with van der Waals surface area (Å²) in [5.74, 6) is 2.74. The molecule has 1 aliphatic heterocycles. The Kier molecular flexibility index (Phi) is 3.71. The first kappa shape index (κ1) is 12.0. The molecular formula is C15H20N2. The van der Waals surface area contributed by atoms with Crippen LogP contribution >= 0.6 is 0 Å². The molecule has 1 atom stereocenters. The van der Waals surface area contributed by atoms with Crippen LogP contribution in [0, 0.1) is 12.3 Å². The Balaban J connectivity index is 2.30. The van der Waals surface area contributed by atoms with Crippen LogP contribution in [0.25, 0.3) is 0 Å². The molecule has 90 valence electrons. The fraction of sp³-hybridized carbons (Fsp3) is 0.467. The molecule has 1 aromatic rings. The van der Waals surface area contributed by atoms with Crippen molar-refractivity contribution < 1.29 is 0 Å². The average molecular weight is 228 g/mol. The van der Waals surface area contributed by atoms with Gasteiger partial charge in [-0.25, -0.2) is 0 Å². The van der Waals surface area contributed by atoms with E-state index in [0.717, 1.165) is 6.54 Å². The topological polar surface area (TPSA) is 15.3 Å². The molecular weight excluding hydrogens is 208 g/mol. The maximum absolute atomic E-state index is 5.41. The van der Waals surface area contributed by atoms with Crippen LogP contribution in [0.2, 0.25) is 0 Å². The number of fused-ring (bicyclic) bond motifs is 1. The van der Waals surface area contributed by atoms with Crippen LogP contribution in [0.5, 0.6) is 0 Å². The lowest BCUT2D eigenvalue weighted by atomic mass is 9.97. The van der Waals surface area contributed by atoms with Crippen molar-refractivity contribution in [2.24, 2.45) is 0 Å². The molecule has 0 saturated heterocycles. The molecule has 0 aliphatic carbocycles. The van der Waals surface area contributed by atoms with Gasteiger partial charge in [-0.15, -0.1) is 6.42 Å². The Morgan fingerprint density at radius 3 is 3.06 bits per heavy atom. The molecule has 0 radical (unpaired) electrons. The van der Waals surface area contributed by atoms with Crippen molar-refractivity contribution in [3.05, 3.63) is 29.3 Å². The Labute approximate surface area is 104 Å². The van der Waals surface area contributed by atoms with E-state index in [2.05, 4.69) is 41.3 Å². The molecule has 0 bridgehead atoms. The molecule has 17 heavy (non-hydrogen) atoms. The number of nitrogens with one attached hydrogen (secondary N) is 1. The van der Waals surface area contributed by atoms with Gasteiger partial charge in [0.25, 0.3) is 0 Å². The summed E-state index contributed by atoms with van der Waals surface area (Å²) in [5, 5.41) is 3.28. The fourth-order valence-corrected chi connectivity index (χ4v) is 2.41. The lowest BCUT2D eigenvalue weighted by Crippen LogP contribution is -2.29.